The van der Waals surface area contributed by atoms with E-state index < -0.39 is 59.1 Å². The average Bonchev–Trinajstić information content (AvgIpc) is 3.77. The van der Waals surface area contributed by atoms with Gasteiger partial charge in [-0.2, -0.15) is 0 Å². The fourth-order valence-electron chi connectivity index (χ4n) is 4.99. The molecule has 0 radical (unpaired) electrons. The molecule has 3 atom stereocenters. The molecule has 0 heterocycles. The first-order chi connectivity index (χ1) is 21.4. The van der Waals surface area contributed by atoms with E-state index in [4.69, 9.17) is 15.2 Å². The van der Waals surface area contributed by atoms with Crippen molar-refractivity contribution >= 4 is 29.8 Å². The van der Waals surface area contributed by atoms with Gasteiger partial charge in [-0.1, -0.05) is 60.2 Å². The average molecular weight is 637 g/mol. The number of carbonyl (C=O) groups is 5. The first kappa shape index (κ1) is 36.1. The van der Waals surface area contributed by atoms with E-state index in [2.05, 4.69) is 10.6 Å². The molecule has 0 aliphatic heterocycles. The van der Waals surface area contributed by atoms with E-state index in [0.29, 0.717) is 18.4 Å². The predicted octanol–water partition coefficient (Wildman–Crippen LogP) is 4.26. The number of alkyl carbamates (subject to hydrolysis) is 1. The highest BCUT2D eigenvalue weighted by Crippen LogP contribution is 2.36. The standard InChI is InChI=1S/C35H48N4O7/c1-22-12-11-15-24(20-22)29(30(41)37-27(32(43)45-34(2,3)4)21-23-13-9-8-10-14-23)39(25-16-17-25)31(42)26(18-19-28(36)40)38-33(44)46-35(5,6)7/h8-15,20,25-27,29H,16-19,21H2,1-7H3,(H2,36,40)(H,37,41)(H,38,44). The lowest BCUT2D eigenvalue weighted by Gasteiger charge is -2.35. The van der Waals surface area contributed by atoms with Crippen LogP contribution in [-0.4, -0.2) is 64.0 Å². The van der Waals surface area contributed by atoms with Crippen LogP contribution in [0.4, 0.5) is 4.79 Å². The lowest BCUT2D eigenvalue weighted by Crippen LogP contribution is -2.55. The van der Waals surface area contributed by atoms with Crippen molar-refractivity contribution in [3.8, 4) is 0 Å². The van der Waals surface area contributed by atoms with Gasteiger partial charge in [0.25, 0.3) is 0 Å². The van der Waals surface area contributed by atoms with Crippen molar-refractivity contribution in [3.63, 3.8) is 0 Å². The number of nitrogens with one attached hydrogen (secondary N) is 2. The van der Waals surface area contributed by atoms with E-state index in [0.717, 1.165) is 11.1 Å². The third-order valence-corrected chi connectivity index (χ3v) is 7.04. The molecule has 1 aliphatic carbocycles. The Bertz CT molecular complexity index is 1390. The minimum absolute atomic E-state index is 0.0900. The number of primary amides is 1. The number of nitrogens with zero attached hydrogens (tertiary/aromatic N) is 1. The van der Waals surface area contributed by atoms with Gasteiger partial charge >= 0.3 is 12.1 Å². The van der Waals surface area contributed by atoms with Crippen molar-refractivity contribution in [2.24, 2.45) is 5.73 Å². The number of hydrogen-bond acceptors (Lipinski definition) is 7. The second-order valence-electron chi connectivity index (χ2n) is 13.8. The summed E-state index contributed by atoms with van der Waals surface area (Å²) >= 11 is 0. The summed E-state index contributed by atoms with van der Waals surface area (Å²) in [5, 5.41) is 5.49. The highest BCUT2D eigenvalue weighted by atomic mass is 16.6. The van der Waals surface area contributed by atoms with Crippen molar-refractivity contribution in [2.45, 2.75) is 116 Å². The number of carbonyl (C=O) groups excluding carboxylic acids is 5. The van der Waals surface area contributed by atoms with Crippen molar-refractivity contribution in [1.82, 2.24) is 15.5 Å². The number of benzene rings is 2. The molecule has 0 bridgehead atoms. The Morgan fingerprint density at radius 3 is 2.04 bits per heavy atom. The highest BCUT2D eigenvalue weighted by molar-refractivity contribution is 5.94. The maximum Gasteiger partial charge on any atom is 0.408 e. The van der Waals surface area contributed by atoms with E-state index in [9.17, 15) is 24.0 Å². The van der Waals surface area contributed by atoms with E-state index in [-0.39, 0.29) is 25.3 Å². The minimum atomic E-state index is -1.20. The molecule has 250 valence electrons. The summed E-state index contributed by atoms with van der Waals surface area (Å²) in [5.41, 5.74) is 5.99. The fraction of sp³-hybridized carbons (Fsp3) is 0.514. The summed E-state index contributed by atoms with van der Waals surface area (Å²) in [5.74, 6) is -2.39. The zero-order valence-corrected chi connectivity index (χ0v) is 27.9. The Hall–Kier alpha value is -4.41. The number of esters is 1. The molecular formula is C35H48N4O7. The quantitative estimate of drug-likeness (QED) is 0.277. The van der Waals surface area contributed by atoms with Crippen LogP contribution in [0.25, 0.3) is 0 Å². The number of ether oxygens (including phenoxy) is 2. The predicted molar refractivity (Wildman–Crippen MR) is 173 cm³/mol. The molecule has 1 aliphatic rings. The van der Waals surface area contributed by atoms with Crippen LogP contribution in [0.1, 0.15) is 90.0 Å². The van der Waals surface area contributed by atoms with Crippen LogP contribution >= 0.6 is 0 Å². The van der Waals surface area contributed by atoms with Crippen LogP contribution in [0, 0.1) is 6.92 Å². The third kappa shape index (κ3) is 11.5. The fourth-order valence-corrected chi connectivity index (χ4v) is 4.99. The monoisotopic (exact) mass is 636 g/mol. The number of rotatable bonds is 13. The molecule has 0 spiro atoms. The molecule has 0 saturated heterocycles. The van der Waals surface area contributed by atoms with E-state index in [1.807, 2.05) is 49.4 Å². The van der Waals surface area contributed by atoms with Gasteiger partial charge in [0, 0.05) is 18.9 Å². The summed E-state index contributed by atoms with van der Waals surface area (Å²) in [6, 6.07) is 12.8. The van der Waals surface area contributed by atoms with Gasteiger partial charge in [-0.15, -0.1) is 0 Å². The molecule has 0 aromatic heterocycles. The van der Waals surface area contributed by atoms with Crippen LogP contribution < -0.4 is 16.4 Å². The molecule has 11 nitrogen and oxygen atoms in total. The highest BCUT2D eigenvalue weighted by Gasteiger charge is 2.45. The molecule has 2 aromatic rings. The molecule has 2 aromatic carbocycles. The lowest BCUT2D eigenvalue weighted by atomic mass is 9.98. The van der Waals surface area contributed by atoms with Gasteiger partial charge in [0.2, 0.25) is 17.7 Å². The summed E-state index contributed by atoms with van der Waals surface area (Å²) in [7, 11) is 0. The molecule has 1 fully saturated rings. The molecule has 4 amide bonds. The Kier molecular flexibility index (Phi) is 12.0. The van der Waals surface area contributed by atoms with E-state index in [1.54, 1.807) is 53.7 Å². The second kappa shape index (κ2) is 15.2. The molecule has 3 unspecified atom stereocenters. The summed E-state index contributed by atoms with van der Waals surface area (Å²) in [6.45, 7) is 12.2. The zero-order chi connectivity index (χ0) is 34.2. The Labute approximate surface area is 271 Å². The summed E-state index contributed by atoms with van der Waals surface area (Å²) < 4.78 is 11.1. The molecule has 11 heteroatoms. The molecule has 46 heavy (non-hydrogen) atoms. The molecule has 1 saturated carbocycles. The van der Waals surface area contributed by atoms with Gasteiger partial charge in [-0.05, 0) is 78.9 Å². The van der Waals surface area contributed by atoms with Gasteiger partial charge in [-0.25, -0.2) is 9.59 Å². The van der Waals surface area contributed by atoms with Crippen molar-refractivity contribution in [3.05, 3.63) is 71.3 Å². The second-order valence-corrected chi connectivity index (χ2v) is 13.8. The van der Waals surface area contributed by atoms with Crippen molar-refractivity contribution in [2.75, 3.05) is 0 Å². The van der Waals surface area contributed by atoms with Gasteiger partial charge in [0.15, 0.2) is 0 Å². The molecule has 4 N–H and O–H groups in total. The SMILES string of the molecule is Cc1cccc(C(C(=O)NC(Cc2ccccc2)C(=O)OC(C)(C)C)N(C(=O)C(CCC(N)=O)NC(=O)OC(C)(C)C)C2CC2)c1. The Morgan fingerprint density at radius 2 is 1.50 bits per heavy atom. The first-order valence-electron chi connectivity index (χ1n) is 15.7. The number of aryl methyl sites for hydroxylation is 1. The molecule has 3 rings (SSSR count). The van der Waals surface area contributed by atoms with Crippen LogP contribution in [-0.2, 0) is 35.1 Å². The van der Waals surface area contributed by atoms with Crippen LogP contribution in [0.3, 0.4) is 0 Å². The molecular weight excluding hydrogens is 588 g/mol. The van der Waals surface area contributed by atoms with E-state index in [1.165, 1.54) is 4.90 Å². The largest absolute Gasteiger partial charge is 0.458 e. The Morgan fingerprint density at radius 1 is 0.870 bits per heavy atom. The summed E-state index contributed by atoms with van der Waals surface area (Å²) in [6.07, 6.45) is 0.333. The first-order valence-corrected chi connectivity index (χ1v) is 15.7. The van der Waals surface area contributed by atoms with Gasteiger partial charge in [-0.3, -0.25) is 14.4 Å². The van der Waals surface area contributed by atoms with Crippen LogP contribution in [0.2, 0.25) is 0 Å². The van der Waals surface area contributed by atoms with Crippen molar-refractivity contribution < 1.29 is 33.4 Å². The Balaban J connectivity index is 2.03. The third-order valence-electron chi connectivity index (χ3n) is 7.04. The van der Waals surface area contributed by atoms with Gasteiger partial charge in [0.1, 0.15) is 29.3 Å². The lowest BCUT2D eigenvalue weighted by molar-refractivity contribution is -0.159. The number of nitrogens with two attached hydrogens (primary N) is 1. The van der Waals surface area contributed by atoms with Gasteiger partial charge in [0.05, 0.1) is 0 Å². The minimum Gasteiger partial charge on any atom is -0.458 e. The number of hydrogen-bond donors (Lipinski definition) is 3. The van der Waals surface area contributed by atoms with Crippen molar-refractivity contribution in [1.29, 1.82) is 0 Å². The zero-order valence-electron chi connectivity index (χ0n) is 27.9. The maximum absolute atomic E-state index is 14.4. The van der Waals surface area contributed by atoms with Crippen LogP contribution in [0.15, 0.2) is 54.6 Å². The van der Waals surface area contributed by atoms with Gasteiger partial charge < -0.3 is 30.7 Å². The topological polar surface area (TPSA) is 157 Å². The smallest absolute Gasteiger partial charge is 0.408 e. The maximum atomic E-state index is 14.4. The van der Waals surface area contributed by atoms with E-state index >= 15 is 0 Å². The summed E-state index contributed by atoms with van der Waals surface area (Å²) in [4.78, 5) is 68.2. The van der Waals surface area contributed by atoms with Crippen LogP contribution in [0.5, 0.6) is 0 Å². The normalized spacial score (nSPS) is 15.1. The number of amides is 4.